The van der Waals surface area contributed by atoms with Crippen LogP contribution in [0.4, 0.5) is 10.2 Å². The Balaban J connectivity index is 2.48. The fourth-order valence-electron chi connectivity index (χ4n) is 1.41. The van der Waals surface area contributed by atoms with Gasteiger partial charge in [-0.2, -0.15) is 5.26 Å². The second-order valence-corrected chi connectivity index (χ2v) is 3.31. The average molecular weight is 229 g/mol. The number of halogens is 1. The van der Waals surface area contributed by atoms with E-state index in [0.717, 1.165) is 0 Å². The molecule has 0 aliphatic heterocycles. The molecule has 0 bridgehead atoms. The number of rotatable bonds is 2. The standard InChI is InChI=1S/C11H8FN5/c12-7-1-3-8(4-2-7)17-6-16-10(11(17)15)9(14)5-13/h1-4,6,14H,15H2. The monoisotopic (exact) mass is 229 g/mol. The number of imidazole rings is 1. The lowest BCUT2D eigenvalue weighted by atomic mass is 10.3. The van der Waals surface area contributed by atoms with Crippen LogP contribution in [0.5, 0.6) is 0 Å². The summed E-state index contributed by atoms with van der Waals surface area (Å²) in [5.74, 6) is -0.166. The number of nitrogens with zero attached hydrogens (tertiary/aromatic N) is 3. The highest BCUT2D eigenvalue weighted by molar-refractivity contribution is 6.10. The Labute approximate surface area is 96.4 Å². The lowest BCUT2D eigenvalue weighted by Crippen LogP contribution is -2.04. The fraction of sp³-hybridized carbons (Fsp3) is 0. The molecule has 0 amide bonds. The highest BCUT2D eigenvalue weighted by atomic mass is 19.1. The van der Waals surface area contributed by atoms with Crippen LogP contribution in [-0.4, -0.2) is 15.3 Å². The molecule has 0 aliphatic carbocycles. The van der Waals surface area contributed by atoms with Crippen molar-refractivity contribution in [1.82, 2.24) is 9.55 Å². The van der Waals surface area contributed by atoms with Crippen LogP contribution in [0.2, 0.25) is 0 Å². The Hall–Kier alpha value is -2.68. The highest BCUT2D eigenvalue weighted by Crippen LogP contribution is 2.17. The summed E-state index contributed by atoms with van der Waals surface area (Å²) >= 11 is 0. The molecule has 2 rings (SSSR count). The molecule has 84 valence electrons. The SMILES string of the molecule is N#CC(=N)c1ncn(-c2ccc(F)cc2)c1N. The molecule has 2 aromatic rings. The van der Waals surface area contributed by atoms with Gasteiger partial charge in [0.1, 0.15) is 29.7 Å². The molecule has 0 saturated heterocycles. The molecule has 6 heteroatoms. The van der Waals surface area contributed by atoms with Gasteiger partial charge in [0.05, 0.1) is 0 Å². The second-order valence-electron chi connectivity index (χ2n) is 3.31. The maximum Gasteiger partial charge on any atom is 0.161 e. The van der Waals surface area contributed by atoms with E-state index in [-0.39, 0.29) is 23.0 Å². The third-order valence-electron chi connectivity index (χ3n) is 2.26. The van der Waals surface area contributed by atoms with Crippen LogP contribution >= 0.6 is 0 Å². The average Bonchev–Trinajstić information content (AvgIpc) is 2.71. The van der Waals surface area contributed by atoms with E-state index in [1.54, 1.807) is 6.07 Å². The summed E-state index contributed by atoms with van der Waals surface area (Å²) in [6.45, 7) is 0. The number of hydrogen-bond donors (Lipinski definition) is 2. The van der Waals surface area contributed by atoms with Crippen molar-refractivity contribution in [2.45, 2.75) is 0 Å². The number of hydrogen-bond acceptors (Lipinski definition) is 4. The molecule has 0 spiro atoms. The molecular formula is C11H8FN5. The number of aromatic nitrogens is 2. The van der Waals surface area contributed by atoms with E-state index in [9.17, 15) is 4.39 Å². The number of nitrogens with two attached hydrogens (primary N) is 1. The zero-order valence-electron chi connectivity index (χ0n) is 8.68. The van der Waals surface area contributed by atoms with Crippen LogP contribution in [0.1, 0.15) is 5.69 Å². The predicted octanol–water partition coefficient (Wildman–Crippen LogP) is 1.49. The Kier molecular flexibility index (Phi) is 2.58. The smallest absolute Gasteiger partial charge is 0.161 e. The van der Waals surface area contributed by atoms with Gasteiger partial charge in [-0.05, 0) is 24.3 Å². The van der Waals surface area contributed by atoms with Crippen LogP contribution in [0.3, 0.4) is 0 Å². The molecule has 3 N–H and O–H groups in total. The summed E-state index contributed by atoms with van der Waals surface area (Å²) in [7, 11) is 0. The molecule has 0 radical (unpaired) electrons. The molecule has 0 aliphatic rings. The van der Waals surface area contributed by atoms with Crippen LogP contribution in [-0.2, 0) is 0 Å². The molecule has 0 fully saturated rings. The number of nitriles is 1. The van der Waals surface area contributed by atoms with Crippen LogP contribution in [0.15, 0.2) is 30.6 Å². The van der Waals surface area contributed by atoms with Crippen molar-refractivity contribution in [3.63, 3.8) is 0 Å². The molecule has 0 saturated carbocycles. The summed E-state index contributed by atoms with van der Waals surface area (Å²) in [4.78, 5) is 3.88. The van der Waals surface area contributed by atoms with Gasteiger partial charge < -0.3 is 5.73 Å². The number of benzene rings is 1. The van der Waals surface area contributed by atoms with Crippen molar-refractivity contribution in [3.8, 4) is 11.8 Å². The number of anilines is 1. The quantitative estimate of drug-likeness (QED) is 0.764. The first-order valence-electron chi connectivity index (χ1n) is 4.71. The van der Waals surface area contributed by atoms with Gasteiger partial charge >= 0.3 is 0 Å². The highest BCUT2D eigenvalue weighted by Gasteiger charge is 2.12. The first kappa shape index (κ1) is 10.8. The van der Waals surface area contributed by atoms with Crippen molar-refractivity contribution in [2.24, 2.45) is 0 Å². The third-order valence-corrected chi connectivity index (χ3v) is 2.26. The molecular weight excluding hydrogens is 221 g/mol. The Morgan fingerprint density at radius 3 is 2.65 bits per heavy atom. The zero-order chi connectivity index (χ0) is 12.4. The van der Waals surface area contributed by atoms with Gasteiger partial charge in [0.25, 0.3) is 0 Å². The lowest BCUT2D eigenvalue weighted by Gasteiger charge is -2.04. The molecule has 1 aromatic heterocycles. The van der Waals surface area contributed by atoms with Gasteiger partial charge in [-0.1, -0.05) is 0 Å². The van der Waals surface area contributed by atoms with Gasteiger partial charge in [0.15, 0.2) is 5.71 Å². The van der Waals surface area contributed by atoms with E-state index in [4.69, 9.17) is 16.4 Å². The van der Waals surface area contributed by atoms with Gasteiger partial charge in [0.2, 0.25) is 0 Å². The second kappa shape index (κ2) is 4.06. The molecule has 5 nitrogen and oxygen atoms in total. The van der Waals surface area contributed by atoms with E-state index < -0.39 is 0 Å². The normalized spacial score (nSPS) is 9.88. The maximum absolute atomic E-state index is 12.8. The van der Waals surface area contributed by atoms with Crippen molar-refractivity contribution < 1.29 is 4.39 Å². The van der Waals surface area contributed by atoms with Gasteiger partial charge in [0, 0.05) is 5.69 Å². The van der Waals surface area contributed by atoms with E-state index in [1.807, 2.05) is 0 Å². The van der Waals surface area contributed by atoms with Crippen molar-refractivity contribution >= 4 is 11.5 Å². The summed E-state index contributed by atoms with van der Waals surface area (Å²) < 4.78 is 14.2. The minimum Gasteiger partial charge on any atom is -0.383 e. The van der Waals surface area contributed by atoms with E-state index in [2.05, 4.69) is 4.98 Å². The molecule has 17 heavy (non-hydrogen) atoms. The summed E-state index contributed by atoms with van der Waals surface area (Å²) in [6, 6.07) is 7.32. The maximum atomic E-state index is 12.8. The van der Waals surface area contributed by atoms with Crippen molar-refractivity contribution in [2.75, 3.05) is 5.73 Å². The van der Waals surface area contributed by atoms with Crippen LogP contribution < -0.4 is 5.73 Å². The third kappa shape index (κ3) is 1.86. The van der Waals surface area contributed by atoms with E-state index in [0.29, 0.717) is 5.69 Å². The minimum absolute atomic E-state index is 0.122. The van der Waals surface area contributed by atoms with Crippen LogP contribution in [0.25, 0.3) is 5.69 Å². The minimum atomic E-state index is -0.350. The van der Waals surface area contributed by atoms with Crippen LogP contribution in [0, 0.1) is 22.6 Å². The van der Waals surface area contributed by atoms with Gasteiger partial charge in [-0.3, -0.25) is 9.98 Å². The Morgan fingerprint density at radius 2 is 2.06 bits per heavy atom. The van der Waals surface area contributed by atoms with E-state index >= 15 is 0 Å². The number of nitrogens with one attached hydrogen (secondary N) is 1. The first-order chi connectivity index (χ1) is 8.13. The summed E-state index contributed by atoms with van der Waals surface area (Å²) in [5, 5.41) is 16.0. The molecule has 1 aromatic carbocycles. The van der Waals surface area contributed by atoms with Crippen molar-refractivity contribution in [1.29, 1.82) is 10.7 Å². The summed E-state index contributed by atoms with van der Waals surface area (Å²) in [6.07, 6.45) is 1.39. The Morgan fingerprint density at radius 1 is 1.41 bits per heavy atom. The van der Waals surface area contributed by atoms with E-state index in [1.165, 1.54) is 35.2 Å². The van der Waals surface area contributed by atoms with Gasteiger partial charge in [-0.25, -0.2) is 9.37 Å². The predicted molar refractivity (Wildman–Crippen MR) is 60.4 cm³/mol. The molecule has 0 unspecified atom stereocenters. The number of nitrogen functional groups attached to an aromatic ring is 1. The fourth-order valence-corrected chi connectivity index (χ4v) is 1.41. The topological polar surface area (TPSA) is 91.5 Å². The summed E-state index contributed by atoms with van der Waals surface area (Å²) in [5.41, 5.74) is 6.20. The largest absolute Gasteiger partial charge is 0.383 e. The lowest BCUT2D eigenvalue weighted by molar-refractivity contribution is 0.627. The Bertz CT molecular complexity index is 606. The molecule has 0 atom stereocenters. The first-order valence-corrected chi connectivity index (χ1v) is 4.71. The van der Waals surface area contributed by atoms with Gasteiger partial charge in [-0.15, -0.1) is 0 Å². The molecule has 1 heterocycles. The zero-order valence-corrected chi connectivity index (χ0v) is 8.68. The van der Waals surface area contributed by atoms with Crippen molar-refractivity contribution in [3.05, 3.63) is 42.1 Å².